The van der Waals surface area contributed by atoms with Crippen LogP contribution in [-0.4, -0.2) is 6.61 Å². The van der Waals surface area contributed by atoms with Gasteiger partial charge < -0.3 is 4.74 Å². The molecule has 2 rings (SSSR count). The van der Waals surface area contributed by atoms with Gasteiger partial charge in [0.1, 0.15) is 5.75 Å². The maximum Gasteiger partial charge on any atom is 0.119 e. The molecule has 0 fully saturated rings. The Morgan fingerprint density at radius 3 is 2.33 bits per heavy atom. The van der Waals surface area contributed by atoms with Gasteiger partial charge in [-0.25, -0.2) is 0 Å². The highest BCUT2D eigenvalue weighted by Crippen LogP contribution is 2.16. The molecule has 21 heavy (non-hydrogen) atoms. The third-order valence-corrected chi connectivity index (χ3v) is 3.35. The lowest BCUT2D eigenvalue weighted by Gasteiger charge is -2.07. The van der Waals surface area contributed by atoms with Gasteiger partial charge in [0.25, 0.3) is 0 Å². The molecule has 0 saturated heterocycles. The number of hydrogen-bond acceptors (Lipinski definition) is 2. The molecule has 2 heteroatoms. The predicted molar refractivity (Wildman–Crippen MR) is 85.4 cm³/mol. The van der Waals surface area contributed by atoms with Crippen molar-refractivity contribution >= 4 is 0 Å². The zero-order valence-corrected chi connectivity index (χ0v) is 12.5. The van der Waals surface area contributed by atoms with Crippen molar-refractivity contribution in [2.75, 3.05) is 6.61 Å². The van der Waals surface area contributed by atoms with E-state index in [-0.39, 0.29) is 0 Å². The molecule has 0 bridgehead atoms. The first-order chi connectivity index (χ1) is 10.3. The van der Waals surface area contributed by atoms with Crippen LogP contribution in [0.1, 0.15) is 30.0 Å². The Hall–Kier alpha value is -2.27. The number of nitrogens with zero attached hydrogens (tertiary/aromatic N) is 1. The fraction of sp³-hybridized carbons (Fsp3) is 0.316. The SMILES string of the molecule is CCCOc1cccc(CCc2cccc(CC#N)c2)c1. The third-order valence-electron chi connectivity index (χ3n) is 3.35. The van der Waals surface area contributed by atoms with Gasteiger partial charge in [0.05, 0.1) is 19.1 Å². The second-order valence-corrected chi connectivity index (χ2v) is 5.15. The standard InChI is InChI=1S/C19H21NO/c1-2-13-21-19-8-4-7-17(15-19)10-9-16-5-3-6-18(14-16)11-12-20/h3-8,14-15H,2,9-11,13H2,1H3. The van der Waals surface area contributed by atoms with Gasteiger partial charge in [-0.1, -0.05) is 43.3 Å². The molecule has 0 radical (unpaired) electrons. The fourth-order valence-electron chi connectivity index (χ4n) is 2.29. The Bertz CT molecular complexity index is 613. The van der Waals surface area contributed by atoms with E-state index in [1.807, 2.05) is 24.3 Å². The molecule has 0 aliphatic carbocycles. The van der Waals surface area contributed by atoms with Crippen molar-refractivity contribution < 1.29 is 4.74 Å². The summed E-state index contributed by atoms with van der Waals surface area (Å²) in [4.78, 5) is 0. The van der Waals surface area contributed by atoms with Crippen LogP contribution >= 0.6 is 0 Å². The van der Waals surface area contributed by atoms with Crippen LogP contribution in [0.5, 0.6) is 5.75 Å². The van der Waals surface area contributed by atoms with Crippen molar-refractivity contribution in [1.82, 2.24) is 0 Å². The molecule has 0 N–H and O–H groups in total. The quantitative estimate of drug-likeness (QED) is 0.756. The van der Waals surface area contributed by atoms with Crippen molar-refractivity contribution in [3.8, 4) is 11.8 Å². The number of aryl methyl sites for hydroxylation is 2. The van der Waals surface area contributed by atoms with Crippen LogP contribution in [0, 0.1) is 11.3 Å². The molecule has 0 aliphatic heterocycles. The van der Waals surface area contributed by atoms with E-state index < -0.39 is 0 Å². The van der Waals surface area contributed by atoms with E-state index >= 15 is 0 Å². The summed E-state index contributed by atoms with van der Waals surface area (Å²) < 4.78 is 5.66. The predicted octanol–water partition coefficient (Wildman–Crippen LogP) is 4.33. The van der Waals surface area contributed by atoms with Crippen molar-refractivity contribution in [1.29, 1.82) is 5.26 Å². The average molecular weight is 279 g/mol. The molecule has 2 nitrogen and oxygen atoms in total. The third kappa shape index (κ3) is 4.96. The monoisotopic (exact) mass is 279 g/mol. The van der Waals surface area contributed by atoms with E-state index in [4.69, 9.17) is 10.00 Å². The van der Waals surface area contributed by atoms with E-state index in [1.54, 1.807) is 0 Å². The van der Waals surface area contributed by atoms with E-state index in [2.05, 4.69) is 37.3 Å². The van der Waals surface area contributed by atoms with E-state index in [9.17, 15) is 0 Å². The second-order valence-electron chi connectivity index (χ2n) is 5.15. The Balaban J connectivity index is 1.96. The summed E-state index contributed by atoms with van der Waals surface area (Å²) in [5, 5.41) is 8.76. The molecule has 0 unspecified atom stereocenters. The molecule has 0 amide bonds. The molecule has 2 aromatic carbocycles. The van der Waals surface area contributed by atoms with Gasteiger partial charge in [0.2, 0.25) is 0 Å². The molecule has 0 aliphatic rings. The summed E-state index contributed by atoms with van der Waals surface area (Å²) in [7, 11) is 0. The lowest BCUT2D eigenvalue weighted by molar-refractivity contribution is 0.317. The van der Waals surface area contributed by atoms with Crippen LogP contribution in [0.25, 0.3) is 0 Å². The van der Waals surface area contributed by atoms with Crippen LogP contribution in [0.15, 0.2) is 48.5 Å². The Labute approximate surface area is 127 Å². The van der Waals surface area contributed by atoms with E-state index in [0.717, 1.165) is 37.2 Å². The normalized spacial score (nSPS) is 10.1. The summed E-state index contributed by atoms with van der Waals surface area (Å²) in [6.45, 7) is 2.87. The van der Waals surface area contributed by atoms with E-state index in [1.165, 1.54) is 11.1 Å². The summed E-state index contributed by atoms with van der Waals surface area (Å²) in [5.41, 5.74) is 3.66. The molecule has 0 saturated carbocycles. The highest BCUT2D eigenvalue weighted by molar-refractivity contribution is 5.30. The summed E-state index contributed by atoms with van der Waals surface area (Å²) >= 11 is 0. The summed E-state index contributed by atoms with van der Waals surface area (Å²) in [5.74, 6) is 0.951. The number of hydrogen-bond donors (Lipinski definition) is 0. The minimum Gasteiger partial charge on any atom is -0.494 e. The second kappa shape index (κ2) is 8.11. The Kier molecular flexibility index (Phi) is 5.84. The lowest BCUT2D eigenvalue weighted by atomic mass is 10.0. The van der Waals surface area contributed by atoms with E-state index in [0.29, 0.717) is 6.42 Å². The van der Waals surface area contributed by atoms with Crippen LogP contribution in [0.2, 0.25) is 0 Å². The maximum absolute atomic E-state index is 8.76. The zero-order chi connectivity index (χ0) is 14.9. The molecule has 0 heterocycles. The van der Waals surface area contributed by atoms with Gasteiger partial charge in [-0.2, -0.15) is 5.26 Å². The Morgan fingerprint density at radius 2 is 1.62 bits per heavy atom. The molecule has 2 aromatic rings. The maximum atomic E-state index is 8.76. The molecular weight excluding hydrogens is 258 g/mol. The van der Waals surface area contributed by atoms with Gasteiger partial charge in [-0.05, 0) is 48.1 Å². The van der Waals surface area contributed by atoms with Crippen molar-refractivity contribution in [2.24, 2.45) is 0 Å². The number of rotatable bonds is 7. The molecule has 108 valence electrons. The topological polar surface area (TPSA) is 33.0 Å². The van der Waals surface area contributed by atoms with Crippen molar-refractivity contribution in [3.05, 3.63) is 65.2 Å². The summed E-state index contributed by atoms with van der Waals surface area (Å²) in [6, 6.07) is 18.8. The largest absolute Gasteiger partial charge is 0.494 e. The number of ether oxygens (including phenoxy) is 1. The minimum atomic E-state index is 0.480. The van der Waals surface area contributed by atoms with Crippen molar-refractivity contribution in [3.63, 3.8) is 0 Å². The highest BCUT2D eigenvalue weighted by Gasteiger charge is 2.00. The van der Waals surface area contributed by atoms with Crippen LogP contribution in [0.3, 0.4) is 0 Å². The first kappa shape index (κ1) is 15.1. The number of nitriles is 1. The first-order valence-corrected chi connectivity index (χ1v) is 7.48. The molecule has 0 spiro atoms. The smallest absolute Gasteiger partial charge is 0.119 e. The van der Waals surface area contributed by atoms with Gasteiger partial charge in [-0.15, -0.1) is 0 Å². The van der Waals surface area contributed by atoms with Gasteiger partial charge in [0.15, 0.2) is 0 Å². The average Bonchev–Trinajstić information content (AvgIpc) is 2.52. The van der Waals surface area contributed by atoms with Gasteiger partial charge in [-0.3, -0.25) is 0 Å². The Morgan fingerprint density at radius 1 is 0.952 bits per heavy atom. The summed E-state index contributed by atoms with van der Waals surface area (Å²) in [6.07, 6.45) is 3.47. The lowest BCUT2D eigenvalue weighted by Crippen LogP contribution is -1.97. The zero-order valence-electron chi connectivity index (χ0n) is 12.5. The molecule has 0 atom stereocenters. The minimum absolute atomic E-state index is 0.480. The van der Waals surface area contributed by atoms with Crippen LogP contribution in [0.4, 0.5) is 0 Å². The number of benzene rings is 2. The van der Waals surface area contributed by atoms with Gasteiger partial charge >= 0.3 is 0 Å². The fourth-order valence-corrected chi connectivity index (χ4v) is 2.29. The molecular formula is C19H21NO. The first-order valence-electron chi connectivity index (χ1n) is 7.48. The van der Waals surface area contributed by atoms with Crippen LogP contribution < -0.4 is 4.74 Å². The van der Waals surface area contributed by atoms with Crippen LogP contribution in [-0.2, 0) is 19.3 Å². The van der Waals surface area contributed by atoms with Crippen molar-refractivity contribution in [2.45, 2.75) is 32.6 Å². The molecule has 0 aromatic heterocycles. The highest BCUT2D eigenvalue weighted by atomic mass is 16.5. The van der Waals surface area contributed by atoms with Gasteiger partial charge in [0, 0.05) is 0 Å².